The zero-order valence-corrected chi connectivity index (χ0v) is 42.7. The molecule has 0 amide bonds. The molecule has 1 N–H and O–H groups in total. The molecule has 0 fully saturated rings. The standard InChI is InChI=1S/C54H70N2O12Si/c1-10-15-29-63-51(60)53(7,11-2)37-54(8,52(61)64-30-19-32-69(66-12-3,67-13-4)68-14-5)34-41(33-38(6)49(58)62-31-28-57)40-26-24-39(25-27-40)36-65-50(59)45-23-18-22-44-47(45)42-20-16-17-21-43(42)48(44)46(35-55)56-9/h16-18,20-27,38,41,57H,10-15,19,28-34,36-37H2,1-8H3/b48-46-. The molecule has 1 aliphatic rings. The second-order valence-corrected chi connectivity index (χ2v) is 20.6. The highest BCUT2D eigenvalue weighted by Gasteiger charge is 2.47. The van der Waals surface area contributed by atoms with Crippen molar-refractivity contribution in [3.63, 3.8) is 0 Å². The first-order valence-electron chi connectivity index (χ1n) is 24.2. The van der Waals surface area contributed by atoms with Crippen LogP contribution in [0.25, 0.3) is 21.5 Å². The topological polar surface area (TPSA) is 181 Å². The number of carbonyl (C=O) groups is 4. The van der Waals surface area contributed by atoms with E-state index >= 15 is 0 Å². The summed E-state index contributed by atoms with van der Waals surface area (Å²) in [5.74, 6) is -3.05. The summed E-state index contributed by atoms with van der Waals surface area (Å²) in [5.41, 5.74) is 2.50. The number of aliphatic hydroxyl groups is 1. The van der Waals surface area contributed by atoms with E-state index < -0.39 is 55.3 Å². The minimum atomic E-state index is -3.02. The normalized spacial score (nSPS) is 15.2. The molecular weight excluding hydrogens is 897 g/mol. The quantitative estimate of drug-likeness (QED) is 0.0136. The number of esters is 4. The van der Waals surface area contributed by atoms with Crippen molar-refractivity contribution >= 4 is 38.3 Å². The molecule has 0 radical (unpaired) electrons. The Hall–Kier alpha value is -5.68. The highest BCUT2D eigenvalue weighted by molar-refractivity contribution is 6.60. The first-order chi connectivity index (χ1) is 33.1. The summed E-state index contributed by atoms with van der Waals surface area (Å²) in [6.45, 7) is 23.5. The summed E-state index contributed by atoms with van der Waals surface area (Å²) in [4.78, 5) is 59.0. The van der Waals surface area contributed by atoms with Gasteiger partial charge in [-0.3, -0.25) is 14.4 Å². The summed E-state index contributed by atoms with van der Waals surface area (Å²) >= 11 is 0. The van der Waals surface area contributed by atoms with Gasteiger partial charge >= 0.3 is 32.7 Å². The fourth-order valence-electron chi connectivity index (χ4n) is 9.03. The van der Waals surface area contributed by atoms with Gasteiger partial charge in [0.05, 0.1) is 54.8 Å². The average molecular weight is 967 g/mol. The first kappa shape index (κ1) is 55.9. The smallest absolute Gasteiger partial charge is 0.465 e. The van der Waals surface area contributed by atoms with Crippen LogP contribution in [0.4, 0.5) is 0 Å². The van der Waals surface area contributed by atoms with Crippen LogP contribution in [0.3, 0.4) is 0 Å². The third kappa shape index (κ3) is 14.4. The minimum Gasteiger partial charge on any atom is -0.465 e. The highest BCUT2D eigenvalue weighted by atomic mass is 28.4. The van der Waals surface area contributed by atoms with Crippen LogP contribution >= 0.6 is 0 Å². The monoisotopic (exact) mass is 966 g/mol. The Morgan fingerprint density at radius 3 is 1.96 bits per heavy atom. The number of allylic oxidation sites excluding steroid dienone is 1. The van der Waals surface area contributed by atoms with Crippen LogP contribution in [-0.4, -0.2) is 84.0 Å². The number of ether oxygens (including phenoxy) is 4. The second-order valence-electron chi connectivity index (χ2n) is 17.8. The van der Waals surface area contributed by atoms with Crippen molar-refractivity contribution in [2.24, 2.45) is 16.7 Å². The predicted octanol–water partition coefficient (Wildman–Crippen LogP) is 10.4. The number of hydrogen-bond acceptors (Lipinski definition) is 13. The van der Waals surface area contributed by atoms with E-state index in [4.69, 9.17) is 38.8 Å². The van der Waals surface area contributed by atoms with Gasteiger partial charge in [-0.2, -0.15) is 0 Å². The van der Waals surface area contributed by atoms with Crippen LogP contribution in [-0.2, 0) is 53.2 Å². The lowest BCUT2D eigenvalue weighted by atomic mass is 9.66. The Kier molecular flexibility index (Phi) is 21.8. The number of nitriles is 1. The zero-order chi connectivity index (χ0) is 50.6. The molecular formula is C54H70N2O12Si. The Labute approximate surface area is 409 Å². The molecule has 3 aromatic carbocycles. The van der Waals surface area contributed by atoms with Crippen molar-refractivity contribution in [1.29, 1.82) is 5.26 Å². The molecule has 372 valence electrons. The van der Waals surface area contributed by atoms with Crippen molar-refractivity contribution in [2.45, 2.75) is 119 Å². The molecule has 0 saturated heterocycles. The number of benzene rings is 3. The first-order valence-corrected chi connectivity index (χ1v) is 26.1. The lowest BCUT2D eigenvalue weighted by Gasteiger charge is -2.38. The number of carbonyl (C=O) groups excluding carboxylic acids is 4. The van der Waals surface area contributed by atoms with E-state index in [0.29, 0.717) is 78.5 Å². The maximum atomic E-state index is 14.7. The van der Waals surface area contributed by atoms with E-state index in [1.807, 2.05) is 96.1 Å². The van der Waals surface area contributed by atoms with E-state index in [9.17, 15) is 29.5 Å². The third-order valence-corrected chi connectivity index (χ3v) is 15.7. The number of rotatable bonds is 29. The third-order valence-electron chi connectivity index (χ3n) is 12.6. The summed E-state index contributed by atoms with van der Waals surface area (Å²) in [5, 5.41) is 19.2. The Bertz CT molecular complexity index is 2300. The Morgan fingerprint density at radius 1 is 0.768 bits per heavy atom. The molecule has 15 heteroatoms. The summed E-state index contributed by atoms with van der Waals surface area (Å²) in [6.07, 6.45) is 2.91. The molecule has 3 aromatic rings. The number of unbranched alkanes of at least 4 members (excludes halogenated alkanes) is 1. The van der Waals surface area contributed by atoms with Gasteiger partial charge in [-0.25, -0.2) is 14.9 Å². The average Bonchev–Trinajstić information content (AvgIpc) is 3.68. The van der Waals surface area contributed by atoms with Crippen LogP contribution < -0.4 is 0 Å². The van der Waals surface area contributed by atoms with Crippen molar-refractivity contribution in [3.8, 4) is 17.2 Å². The number of nitrogens with zero attached hydrogens (tertiary/aromatic N) is 2. The van der Waals surface area contributed by atoms with Crippen LogP contribution in [0.1, 0.15) is 139 Å². The highest BCUT2D eigenvalue weighted by Crippen LogP contribution is 2.48. The molecule has 14 nitrogen and oxygen atoms in total. The van der Waals surface area contributed by atoms with Gasteiger partial charge in [-0.15, -0.1) is 0 Å². The van der Waals surface area contributed by atoms with Gasteiger partial charge in [0.2, 0.25) is 0 Å². The minimum absolute atomic E-state index is 0.0558. The molecule has 1 aliphatic carbocycles. The fraction of sp³-hybridized carbons (Fsp3) is 0.519. The maximum Gasteiger partial charge on any atom is 0.501 e. The number of fused-ring (bicyclic) bond motifs is 3. The summed E-state index contributed by atoms with van der Waals surface area (Å²) < 4.78 is 41.2. The molecule has 4 unspecified atom stereocenters. The van der Waals surface area contributed by atoms with Crippen molar-refractivity contribution in [3.05, 3.63) is 112 Å². The molecule has 0 heterocycles. The van der Waals surface area contributed by atoms with Crippen LogP contribution in [0, 0.1) is 34.7 Å². The van der Waals surface area contributed by atoms with E-state index in [0.717, 1.165) is 17.5 Å². The van der Waals surface area contributed by atoms with Crippen LogP contribution in [0.15, 0.2) is 72.4 Å². The summed E-state index contributed by atoms with van der Waals surface area (Å²) in [7, 11) is -3.02. The van der Waals surface area contributed by atoms with E-state index in [2.05, 4.69) is 4.85 Å². The molecule has 0 aliphatic heterocycles. The molecule has 0 bridgehead atoms. The van der Waals surface area contributed by atoms with Crippen LogP contribution in [0.2, 0.25) is 6.04 Å². The van der Waals surface area contributed by atoms with Crippen molar-refractivity contribution < 1.29 is 56.5 Å². The Morgan fingerprint density at radius 2 is 1.38 bits per heavy atom. The molecule has 4 rings (SSSR count). The number of hydrogen-bond donors (Lipinski definition) is 1. The predicted molar refractivity (Wildman–Crippen MR) is 263 cm³/mol. The second kappa shape index (κ2) is 26.9. The van der Waals surface area contributed by atoms with E-state index in [-0.39, 0.29) is 58.0 Å². The van der Waals surface area contributed by atoms with Gasteiger partial charge in [0.15, 0.2) is 0 Å². The van der Waals surface area contributed by atoms with E-state index in [1.165, 1.54) is 0 Å². The lowest BCUT2D eigenvalue weighted by Crippen LogP contribution is -2.46. The van der Waals surface area contributed by atoms with Gasteiger partial charge < -0.3 is 37.3 Å². The molecule has 4 atom stereocenters. The number of aliphatic hydroxyl groups excluding tert-OH is 1. The lowest BCUT2D eigenvalue weighted by molar-refractivity contribution is -0.165. The largest absolute Gasteiger partial charge is 0.501 e. The van der Waals surface area contributed by atoms with Gasteiger partial charge in [-0.1, -0.05) is 87.9 Å². The zero-order valence-electron chi connectivity index (χ0n) is 41.7. The van der Waals surface area contributed by atoms with E-state index in [1.54, 1.807) is 32.0 Å². The SMILES string of the molecule is [C-]#[N+]/C(C#N)=C1/c2ccccc2-c2c(C(=O)OCc3ccc(C(CC(C)C(=O)OCCO)CC(C)(CC(C)(CC)C(=O)OCCCC)C(=O)OCCC[Si](OCC)(OCC)OCC)cc3)cccc21. The van der Waals surface area contributed by atoms with Gasteiger partial charge in [0.1, 0.15) is 13.2 Å². The molecule has 69 heavy (non-hydrogen) atoms. The Balaban J connectivity index is 1.66. The van der Waals surface area contributed by atoms with Gasteiger partial charge in [0, 0.05) is 37.0 Å². The summed E-state index contributed by atoms with van der Waals surface area (Å²) in [6, 6.07) is 22.4. The fourth-order valence-corrected chi connectivity index (χ4v) is 11.6. The van der Waals surface area contributed by atoms with Crippen molar-refractivity contribution in [1.82, 2.24) is 0 Å². The molecule has 0 saturated carbocycles. The van der Waals surface area contributed by atoms with Gasteiger partial charge in [-0.05, 0) is 113 Å². The maximum absolute atomic E-state index is 14.7. The van der Waals surface area contributed by atoms with Crippen molar-refractivity contribution in [2.75, 3.05) is 46.2 Å². The molecule has 0 aromatic heterocycles. The van der Waals surface area contributed by atoms with Crippen LogP contribution in [0.5, 0.6) is 0 Å². The van der Waals surface area contributed by atoms with Gasteiger partial charge in [0.25, 0.3) is 5.70 Å². The molecule has 0 spiro atoms.